The molecule has 27 heavy (non-hydrogen) atoms. The summed E-state index contributed by atoms with van der Waals surface area (Å²) in [6.45, 7) is 3.99. The summed E-state index contributed by atoms with van der Waals surface area (Å²) in [5.41, 5.74) is 4.47. The standard InChI is InChI=1S/C20H24N6O/c1-13-9-14(11-16(27)10-13)19-18(17-5-8-22-12-23-17)20(25-24-19)26(2)15-3-6-21-7-4-15/h5,8-12,15,21,27H,3-4,6-7H2,1-2H3,(H,24,25). The predicted molar refractivity (Wildman–Crippen MR) is 106 cm³/mol. The lowest BCUT2D eigenvalue weighted by atomic mass is 10.0. The highest BCUT2D eigenvalue weighted by Gasteiger charge is 2.26. The number of hydrogen-bond donors (Lipinski definition) is 3. The Kier molecular flexibility index (Phi) is 4.77. The van der Waals surface area contributed by atoms with Gasteiger partial charge in [0.2, 0.25) is 0 Å². The zero-order chi connectivity index (χ0) is 18.8. The third kappa shape index (κ3) is 3.50. The van der Waals surface area contributed by atoms with E-state index in [1.165, 1.54) is 0 Å². The summed E-state index contributed by atoms with van der Waals surface area (Å²) in [7, 11) is 2.09. The second-order valence-electron chi connectivity index (χ2n) is 7.04. The van der Waals surface area contributed by atoms with E-state index >= 15 is 0 Å². The fourth-order valence-electron chi connectivity index (χ4n) is 3.75. The van der Waals surface area contributed by atoms with Crippen LogP contribution in [0.25, 0.3) is 22.5 Å². The normalized spacial score (nSPS) is 15.0. The lowest BCUT2D eigenvalue weighted by Gasteiger charge is -2.32. The van der Waals surface area contributed by atoms with Gasteiger partial charge >= 0.3 is 0 Å². The largest absolute Gasteiger partial charge is 0.508 e. The Morgan fingerprint density at radius 3 is 2.70 bits per heavy atom. The van der Waals surface area contributed by atoms with Crippen LogP contribution in [-0.4, -0.2) is 51.5 Å². The summed E-state index contributed by atoms with van der Waals surface area (Å²) in [4.78, 5) is 10.8. The van der Waals surface area contributed by atoms with Crippen molar-refractivity contribution in [2.45, 2.75) is 25.8 Å². The van der Waals surface area contributed by atoms with Gasteiger partial charge in [-0.1, -0.05) is 0 Å². The third-order valence-electron chi connectivity index (χ3n) is 5.13. The summed E-state index contributed by atoms with van der Waals surface area (Å²) >= 11 is 0. The van der Waals surface area contributed by atoms with Crippen molar-refractivity contribution in [1.82, 2.24) is 25.5 Å². The first-order chi connectivity index (χ1) is 13.1. The molecule has 3 N–H and O–H groups in total. The van der Waals surface area contributed by atoms with Crippen molar-refractivity contribution >= 4 is 5.82 Å². The monoisotopic (exact) mass is 364 g/mol. The van der Waals surface area contributed by atoms with Crippen LogP contribution in [0.1, 0.15) is 18.4 Å². The van der Waals surface area contributed by atoms with E-state index in [9.17, 15) is 5.11 Å². The van der Waals surface area contributed by atoms with Gasteiger partial charge in [-0.15, -0.1) is 0 Å². The van der Waals surface area contributed by atoms with Crippen molar-refractivity contribution in [3.05, 3.63) is 42.4 Å². The van der Waals surface area contributed by atoms with Crippen LogP contribution < -0.4 is 10.2 Å². The number of phenols is 1. The van der Waals surface area contributed by atoms with Gasteiger partial charge in [-0.25, -0.2) is 9.97 Å². The van der Waals surface area contributed by atoms with E-state index in [-0.39, 0.29) is 5.75 Å². The molecule has 3 heterocycles. The van der Waals surface area contributed by atoms with Gasteiger partial charge < -0.3 is 15.3 Å². The third-order valence-corrected chi connectivity index (χ3v) is 5.13. The minimum Gasteiger partial charge on any atom is -0.508 e. The van der Waals surface area contributed by atoms with E-state index in [1.54, 1.807) is 24.7 Å². The predicted octanol–water partition coefficient (Wildman–Crippen LogP) is 2.74. The highest BCUT2D eigenvalue weighted by atomic mass is 16.3. The number of nitrogens with one attached hydrogen (secondary N) is 2. The van der Waals surface area contributed by atoms with Crippen molar-refractivity contribution in [1.29, 1.82) is 0 Å². The molecule has 0 amide bonds. The van der Waals surface area contributed by atoms with Gasteiger partial charge in [0, 0.05) is 24.8 Å². The Morgan fingerprint density at radius 1 is 1.19 bits per heavy atom. The zero-order valence-electron chi connectivity index (χ0n) is 15.6. The lowest BCUT2D eigenvalue weighted by Crippen LogP contribution is -2.41. The maximum Gasteiger partial charge on any atom is 0.160 e. The van der Waals surface area contributed by atoms with Gasteiger partial charge in [0.25, 0.3) is 0 Å². The number of anilines is 1. The molecule has 1 fully saturated rings. The van der Waals surface area contributed by atoms with E-state index in [2.05, 4.69) is 37.4 Å². The van der Waals surface area contributed by atoms with E-state index < -0.39 is 0 Å². The first kappa shape index (κ1) is 17.5. The lowest BCUT2D eigenvalue weighted by molar-refractivity contribution is 0.442. The number of aromatic amines is 1. The topological polar surface area (TPSA) is 90.0 Å². The number of benzene rings is 1. The minimum atomic E-state index is 0.237. The number of H-pyrrole nitrogens is 1. The smallest absolute Gasteiger partial charge is 0.160 e. The summed E-state index contributed by atoms with van der Waals surface area (Å²) in [6, 6.07) is 7.84. The van der Waals surface area contributed by atoms with Crippen molar-refractivity contribution in [3.63, 3.8) is 0 Å². The number of hydrogen-bond acceptors (Lipinski definition) is 6. The maximum absolute atomic E-state index is 10.1. The molecule has 1 aromatic carbocycles. The molecule has 0 aliphatic carbocycles. The summed E-state index contributed by atoms with van der Waals surface area (Å²) in [6.07, 6.45) is 5.44. The molecule has 0 atom stereocenters. The number of piperidine rings is 1. The Morgan fingerprint density at radius 2 is 2.00 bits per heavy atom. The Labute approximate surface area is 158 Å². The van der Waals surface area contributed by atoms with Gasteiger partial charge in [-0.2, -0.15) is 5.10 Å². The number of aryl methyl sites for hydroxylation is 1. The average Bonchev–Trinajstić information content (AvgIpc) is 3.13. The first-order valence-electron chi connectivity index (χ1n) is 9.23. The molecule has 0 bridgehead atoms. The Balaban J connectivity index is 1.84. The minimum absolute atomic E-state index is 0.237. The van der Waals surface area contributed by atoms with E-state index in [4.69, 9.17) is 0 Å². The molecule has 1 aliphatic heterocycles. The van der Waals surface area contributed by atoms with Crippen LogP contribution in [0.15, 0.2) is 36.8 Å². The number of rotatable bonds is 4. The van der Waals surface area contributed by atoms with E-state index in [0.29, 0.717) is 6.04 Å². The molecular weight excluding hydrogens is 340 g/mol. The van der Waals surface area contributed by atoms with Crippen LogP contribution in [0.5, 0.6) is 5.75 Å². The molecule has 7 nitrogen and oxygen atoms in total. The van der Waals surface area contributed by atoms with E-state index in [0.717, 1.165) is 59.8 Å². The van der Waals surface area contributed by atoms with E-state index in [1.807, 2.05) is 19.1 Å². The van der Waals surface area contributed by atoms with Gasteiger partial charge in [0.15, 0.2) is 5.82 Å². The number of aromatic hydroxyl groups is 1. The maximum atomic E-state index is 10.1. The number of nitrogens with zero attached hydrogens (tertiary/aromatic N) is 4. The van der Waals surface area contributed by atoms with Crippen LogP contribution in [0.3, 0.4) is 0 Å². The van der Waals surface area contributed by atoms with Crippen LogP contribution >= 0.6 is 0 Å². The SMILES string of the molecule is Cc1cc(O)cc(-c2[nH]nc(N(C)C3CCNCC3)c2-c2ccncn2)c1. The van der Waals surface area contributed by atoms with Gasteiger partial charge in [0.05, 0.1) is 17.0 Å². The van der Waals surface area contributed by atoms with Gasteiger partial charge in [-0.05, 0) is 62.7 Å². The van der Waals surface area contributed by atoms with Crippen molar-refractivity contribution in [3.8, 4) is 28.3 Å². The summed E-state index contributed by atoms with van der Waals surface area (Å²) < 4.78 is 0. The highest BCUT2D eigenvalue weighted by Crippen LogP contribution is 2.38. The molecule has 0 unspecified atom stereocenters. The Bertz CT molecular complexity index is 897. The zero-order valence-corrected chi connectivity index (χ0v) is 15.6. The molecule has 0 spiro atoms. The van der Waals surface area contributed by atoms with Crippen LogP contribution in [0.4, 0.5) is 5.82 Å². The van der Waals surface area contributed by atoms with Crippen molar-refractivity contribution in [2.75, 3.05) is 25.0 Å². The second kappa shape index (κ2) is 7.36. The fourth-order valence-corrected chi connectivity index (χ4v) is 3.75. The Hall–Kier alpha value is -2.93. The molecule has 2 aromatic heterocycles. The quantitative estimate of drug-likeness (QED) is 0.659. The fraction of sp³-hybridized carbons (Fsp3) is 0.350. The second-order valence-corrected chi connectivity index (χ2v) is 7.04. The van der Waals surface area contributed by atoms with Crippen LogP contribution in [0.2, 0.25) is 0 Å². The molecule has 0 radical (unpaired) electrons. The average molecular weight is 364 g/mol. The van der Waals surface area contributed by atoms with Crippen LogP contribution in [-0.2, 0) is 0 Å². The molecular formula is C20H24N6O. The molecule has 3 aromatic rings. The molecule has 1 aliphatic rings. The molecule has 4 rings (SSSR count). The molecule has 140 valence electrons. The van der Waals surface area contributed by atoms with Gasteiger partial charge in [-0.3, -0.25) is 5.10 Å². The highest BCUT2D eigenvalue weighted by molar-refractivity contribution is 5.88. The van der Waals surface area contributed by atoms with Crippen molar-refractivity contribution < 1.29 is 5.11 Å². The van der Waals surface area contributed by atoms with Gasteiger partial charge in [0.1, 0.15) is 12.1 Å². The summed E-state index contributed by atoms with van der Waals surface area (Å²) in [5, 5.41) is 21.3. The number of phenolic OH excluding ortho intramolecular Hbond substituents is 1. The summed E-state index contributed by atoms with van der Waals surface area (Å²) in [5.74, 6) is 1.11. The van der Waals surface area contributed by atoms with Crippen molar-refractivity contribution in [2.24, 2.45) is 0 Å². The molecule has 1 saturated heterocycles. The molecule has 0 saturated carbocycles. The first-order valence-corrected chi connectivity index (χ1v) is 9.23. The number of aromatic nitrogens is 4. The molecule has 7 heteroatoms. The van der Waals surface area contributed by atoms with Crippen LogP contribution in [0, 0.1) is 6.92 Å².